The van der Waals surface area contributed by atoms with Crippen molar-refractivity contribution in [3.05, 3.63) is 33.9 Å². The van der Waals surface area contributed by atoms with Crippen LogP contribution < -0.4 is 17.3 Å². The van der Waals surface area contributed by atoms with Crippen LogP contribution in [0.15, 0.2) is 18.2 Å². The molecular formula is C9H10ClN2O4-. The van der Waals surface area contributed by atoms with Gasteiger partial charge in [0.1, 0.15) is 5.69 Å². The molecule has 0 amide bonds. The summed E-state index contributed by atoms with van der Waals surface area (Å²) in [5, 5.41) is 19.4. The molecule has 0 saturated heterocycles. The number of aromatic carboxylic acids is 1. The second-order valence-electron chi connectivity index (χ2n) is 3.16. The standard InChI is InChI=1S/C9H10N2O4.ClH/c1-10(2)7-4-3-6(9(12)13)5-8(7)11(14)15;/h3-5H,1-2H3,(H,12,13);1H/p-1. The molecule has 1 rings (SSSR count). The lowest BCUT2D eigenvalue weighted by Gasteiger charge is -2.12. The van der Waals surface area contributed by atoms with Gasteiger partial charge in [-0.1, -0.05) is 0 Å². The van der Waals surface area contributed by atoms with Gasteiger partial charge in [-0.25, -0.2) is 4.79 Å². The molecule has 0 spiro atoms. The molecular weight excluding hydrogens is 236 g/mol. The zero-order chi connectivity index (χ0) is 11.6. The van der Waals surface area contributed by atoms with Crippen molar-refractivity contribution in [3.63, 3.8) is 0 Å². The predicted molar refractivity (Wildman–Crippen MR) is 54.4 cm³/mol. The Labute approximate surface area is 98.0 Å². The molecule has 0 aromatic heterocycles. The van der Waals surface area contributed by atoms with Crippen molar-refractivity contribution in [3.8, 4) is 0 Å². The first-order valence-corrected chi connectivity index (χ1v) is 4.12. The van der Waals surface area contributed by atoms with Gasteiger partial charge >= 0.3 is 5.97 Å². The minimum absolute atomic E-state index is 0. The lowest BCUT2D eigenvalue weighted by Crippen LogP contribution is -3.00. The summed E-state index contributed by atoms with van der Waals surface area (Å²) in [6.07, 6.45) is 0. The maximum absolute atomic E-state index is 10.7. The third kappa shape index (κ3) is 2.83. The van der Waals surface area contributed by atoms with Crippen LogP contribution in [-0.4, -0.2) is 30.1 Å². The topological polar surface area (TPSA) is 83.7 Å². The molecule has 1 aromatic carbocycles. The molecule has 0 saturated carbocycles. The molecule has 0 bridgehead atoms. The van der Waals surface area contributed by atoms with Crippen molar-refractivity contribution in [2.45, 2.75) is 0 Å². The fourth-order valence-corrected chi connectivity index (χ4v) is 1.18. The van der Waals surface area contributed by atoms with Gasteiger partial charge in [0.15, 0.2) is 0 Å². The molecule has 16 heavy (non-hydrogen) atoms. The second-order valence-corrected chi connectivity index (χ2v) is 3.16. The van der Waals surface area contributed by atoms with Crippen LogP contribution in [0, 0.1) is 10.1 Å². The Hall–Kier alpha value is -1.82. The first-order chi connectivity index (χ1) is 6.93. The van der Waals surface area contributed by atoms with Gasteiger partial charge in [-0.15, -0.1) is 0 Å². The van der Waals surface area contributed by atoms with E-state index in [9.17, 15) is 14.9 Å². The van der Waals surface area contributed by atoms with Gasteiger partial charge in [0.2, 0.25) is 0 Å². The van der Waals surface area contributed by atoms with Gasteiger partial charge in [0.25, 0.3) is 5.69 Å². The van der Waals surface area contributed by atoms with Crippen molar-refractivity contribution >= 4 is 17.3 Å². The van der Waals surface area contributed by atoms with Crippen LogP contribution in [0.2, 0.25) is 0 Å². The van der Waals surface area contributed by atoms with E-state index < -0.39 is 10.9 Å². The number of nitrogens with zero attached hydrogens (tertiary/aromatic N) is 2. The molecule has 88 valence electrons. The van der Waals surface area contributed by atoms with Crippen LogP contribution in [0.4, 0.5) is 11.4 Å². The summed E-state index contributed by atoms with van der Waals surface area (Å²) in [5.74, 6) is -1.18. The van der Waals surface area contributed by atoms with E-state index in [4.69, 9.17) is 5.11 Å². The SMILES string of the molecule is CN(C)c1ccc(C(=O)O)cc1[N+](=O)[O-].[Cl-]. The van der Waals surface area contributed by atoms with E-state index in [1.165, 1.54) is 12.1 Å². The first kappa shape index (κ1) is 14.2. The monoisotopic (exact) mass is 245 g/mol. The van der Waals surface area contributed by atoms with Gasteiger partial charge in [-0.05, 0) is 12.1 Å². The van der Waals surface area contributed by atoms with E-state index in [-0.39, 0.29) is 23.7 Å². The highest BCUT2D eigenvalue weighted by molar-refractivity contribution is 5.89. The minimum atomic E-state index is -1.18. The Balaban J connectivity index is 0.00000225. The van der Waals surface area contributed by atoms with E-state index in [0.29, 0.717) is 5.69 Å². The van der Waals surface area contributed by atoms with Crippen molar-refractivity contribution in [2.75, 3.05) is 19.0 Å². The number of anilines is 1. The summed E-state index contributed by atoms with van der Waals surface area (Å²) in [6.45, 7) is 0. The molecule has 7 heteroatoms. The van der Waals surface area contributed by atoms with Crippen LogP contribution in [0.5, 0.6) is 0 Å². The van der Waals surface area contributed by atoms with E-state index in [2.05, 4.69) is 0 Å². The summed E-state index contributed by atoms with van der Waals surface area (Å²) in [5.41, 5.74) is 0.0807. The maximum Gasteiger partial charge on any atom is 0.335 e. The Morgan fingerprint density at radius 2 is 2.00 bits per heavy atom. The Kier molecular flexibility index (Phi) is 4.71. The van der Waals surface area contributed by atoms with Gasteiger partial charge in [0, 0.05) is 20.2 Å². The second kappa shape index (κ2) is 5.32. The molecule has 1 N–H and O–H groups in total. The van der Waals surface area contributed by atoms with Gasteiger partial charge < -0.3 is 22.4 Å². The number of rotatable bonds is 3. The average molecular weight is 246 g/mol. The van der Waals surface area contributed by atoms with Crippen molar-refractivity contribution in [1.29, 1.82) is 0 Å². The van der Waals surface area contributed by atoms with Crippen LogP contribution in [0.3, 0.4) is 0 Å². The molecule has 0 radical (unpaired) electrons. The third-order valence-electron chi connectivity index (χ3n) is 1.90. The average Bonchev–Trinajstić information content (AvgIpc) is 2.16. The molecule has 0 aliphatic heterocycles. The molecule has 1 aromatic rings. The van der Waals surface area contributed by atoms with Crippen LogP contribution in [0.1, 0.15) is 10.4 Å². The molecule has 0 fully saturated rings. The number of carboxylic acids is 1. The largest absolute Gasteiger partial charge is 1.00 e. The number of carbonyl (C=O) groups is 1. The smallest absolute Gasteiger partial charge is 0.335 e. The molecule has 0 atom stereocenters. The predicted octanol–water partition coefficient (Wildman–Crippen LogP) is -1.64. The highest BCUT2D eigenvalue weighted by Gasteiger charge is 2.18. The molecule has 0 aliphatic carbocycles. The highest BCUT2D eigenvalue weighted by atomic mass is 35.5. The fourth-order valence-electron chi connectivity index (χ4n) is 1.18. The number of halogens is 1. The van der Waals surface area contributed by atoms with E-state index in [1.54, 1.807) is 19.0 Å². The zero-order valence-electron chi connectivity index (χ0n) is 8.68. The lowest BCUT2D eigenvalue weighted by atomic mass is 10.1. The van der Waals surface area contributed by atoms with E-state index in [1.807, 2.05) is 0 Å². The zero-order valence-corrected chi connectivity index (χ0v) is 9.43. The number of nitro benzene ring substituents is 1. The van der Waals surface area contributed by atoms with Crippen LogP contribution >= 0.6 is 0 Å². The number of hydrogen-bond donors (Lipinski definition) is 1. The van der Waals surface area contributed by atoms with Crippen LogP contribution in [0.25, 0.3) is 0 Å². The van der Waals surface area contributed by atoms with Crippen LogP contribution in [-0.2, 0) is 0 Å². The molecule has 0 heterocycles. The van der Waals surface area contributed by atoms with Gasteiger partial charge in [-0.3, -0.25) is 10.1 Å². The van der Waals surface area contributed by atoms with Crippen molar-refractivity contribution in [2.24, 2.45) is 0 Å². The number of benzene rings is 1. The summed E-state index contributed by atoms with van der Waals surface area (Å²) >= 11 is 0. The molecule has 6 nitrogen and oxygen atoms in total. The Morgan fingerprint density at radius 1 is 1.44 bits per heavy atom. The fraction of sp³-hybridized carbons (Fsp3) is 0.222. The quantitative estimate of drug-likeness (QED) is 0.510. The van der Waals surface area contributed by atoms with Gasteiger partial charge in [-0.2, -0.15) is 0 Å². The number of carboxylic acid groups (broad SMARTS) is 1. The Bertz CT molecular complexity index is 420. The van der Waals surface area contributed by atoms with Crippen molar-refractivity contribution < 1.29 is 27.2 Å². The highest BCUT2D eigenvalue weighted by Crippen LogP contribution is 2.27. The summed E-state index contributed by atoms with van der Waals surface area (Å²) in [4.78, 5) is 22.3. The normalized spacial score (nSPS) is 9.12. The lowest BCUT2D eigenvalue weighted by molar-refractivity contribution is -0.384. The molecule has 0 aliphatic rings. The van der Waals surface area contributed by atoms with Crippen molar-refractivity contribution in [1.82, 2.24) is 0 Å². The maximum atomic E-state index is 10.7. The summed E-state index contributed by atoms with van der Waals surface area (Å²) < 4.78 is 0. The Morgan fingerprint density at radius 3 is 2.38 bits per heavy atom. The molecule has 0 unspecified atom stereocenters. The third-order valence-corrected chi connectivity index (χ3v) is 1.90. The van der Waals surface area contributed by atoms with Gasteiger partial charge in [0.05, 0.1) is 10.5 Å². The van der Waals surface area contributed by atoms with E-state index >= 15 is 0 Å². The van der Waals surface area contributed by atoms with E-state index in [0.717, 1.165) is 6.07 Å². The number of nitro groups is 1. The summed E-state index contributed by atoms with van der Waals surface area (Å²) in [6, 6.07) is 3.81. The number of hydrogen-bond acceptors (Lipinski definition) is 4. The summed E-state index contributed by atoms with van der Waals surface area (Å²) in [7, 11) is 3.31. The first-order valence-electron chi connectivity index (χ1n) is 4.12. The minimum Gasteiger partial charge on any atom is -1.00 e.